The van der Waals surface area contributed by atoms with Gasteiger partial charge in [-0.2, -0.15) is 4.31 Å². The van der Waals surface area contributed by atoms with Crippen molar-refractivity contribution in [3.8, 4) is 0 Å². The second-order valence-electron chi connectivity index (χ2n) is 6.97. The number of aromatic carboxylic acids is 1. The summed E-state index contributed by atoms with van der Waals surface area (Å²) in [4.78, 5) is 28.3. The van der Waals surface area contributed by atoms with E-state index in [0.29, 0.717) is 18.6 Å². The molecule has 0 spiro atoms. The molecule has 0 atom stereocenters. The quantitative estimate of drug-likeness (QED) is 0.684. The van der Waals surface area contributed by atoms with E-state index in [1.54, 1.807) is 24.3 Å². The minimum atomic E-state index is -3.48. The van der Waals surface area contributed by atoms with E-state index in [1.807, 2.05) is 0 Å². The minimum Gasteiger partial charge on any atom is -0.478 e. The highest BCUT2D eigenvalue weighted by molar-refractivity contribution is 7.89. The van der Waals surface area contributed by atoms with Crippen LogP contribution in [0, 0.1) is 0 Å². The Balaban J connectivity index is 1.62. The van der Waals surface area contributed by atoms with Crippen molar-refractivity contribution in [1.29, 1.82) is 0 Å². The summed E-state index contributed by atoms with van der Waals surface area (Å²) in [6.07, 6.45) is 3.15. The Morgan fingerprint density at radius 1 is 1.07 bits per heavy atom. The Morgan fingerprint density at radius 2 is 1.76 bits per heavy atom. The van der Waals surface area contributed by atoms with Crippen molar-refractivity contribution in [1.82, 2.24) is 13.9 Å². The van der Waals surface area contributed by atoms with E-state index in [0.717, 1.165) is 18.4 Å². The predicted octanol–water partition coefficient (Wildman–Crippen LogP) is 1.93. The van der Waals surface area contributed by atoms with Crippen LogP contribution in [0.15, 0.2) is 58.5 Å². The summed E-state index contributed by atoms with van der Waals surface area (Å²) >= 11 is 0. The summed E-state index contributed by atoms with van der Waals surface area (Å²) < 4.78 is 28.1. The number of rotatable bonds is 5. The molecule has 1 saturated heterocycles. The molecule has 9 heteroatoms. The summed E-state index contributed by atoms with van der Waals surface area (Å²) in [5.74, 6) is -1.11. The van der Waals surface area contributed by atoms with Gasteiger partial charge >= 0.3 is 5.97 Å². The van der Waals surface area contributed by atoms with Gasteiger partial charge in [0.05, 0.1) is 34.2 Å². The van der Waals surface area contributed by atoms with Crippen molar-refractivity contribution in [2.24, 2.45) is 0 Å². The lowest BCUT2D eigenvalue weighted by Gasteiger charge is -2.15. The van der Waals surface area contributed by atoms with Crippen LogP contribution in [0.5, 0.6) is 0 Å². The maximum Gasteiger partial charge on any atom is 0.335 e. The van der Waals surface area contributed by atoms with Crippen LogP contribution in [0.25, 0.3) is 10.9 Å². The number of sulfonamides is 1. The normalized spacial score (nSPS) is 15.0. The first-order chi connectivity index (χ1) is 13.9. The summed E-state index contributed by atoms with van der Waals surface area (Å²) in [6, 6.07) is 10.7. The van der Waals surface area contributed by atoms with Crippen LogP contribution in [-0.2, 0) is 16.6 Å². The zero-order chi connectivity index (χ0) is 20.6. The number of fused-ring (bicyclic) bond motifs is 1. The van der Waals surface area contributed by atoms with Crippen molar-refractivity contribution >= 4 is 26.9 Å². The van der Waals surface area contributed by atoms with Gasteiger partial charge in [-0.3, -0.25) is 9.36 Å². The second-order valence-corrected chi connectivity index (χ2v) is 8.91. The third-order valence-corrected chi connectivity index (χ3v) is 6.96. The number of hydrogen-bond acceptors (Lipinski definition) is 5. The molecule has 29 heavy (non-hydrogen) atoms. The van der Waals surface area contributed by atoms with E-state index >= 15 is 0 Å². The Hall–Kier alpha value is -3.04. The maximum absolute atomic E-state index is 12.7. The number of hydrogen-bond donors (Lipinski definition) is 1. The Kier molecular flexibility index (Phi) is 4.93. The Bertz CT molecular complexity index is 1240. The largest absolute Gasteiger partial charge is 0.478 e. The topological polar surface area (TPSA) is 110 Å². The fourth-order valence-corrected chi connectivity index (χ4v) is 4.96. The lowest BCUT2D eigenvalue weighted by Crippen LogP contribution is -2.27. The van der Waals surface area contributed by atoms with Gasteiger partial charge in [0.2, 0.25) is 10.0 Å². The monoisotopic (exact) mass is 413 g/mol. The molecule has 2 aromatic carbocycles. The zero-order valence-electron chi connectivity index (χ0n) is 15.5. The molecule has 0 radical (unpaired) electrons. The third kappa shape index (κ3) is 3.66. The Morgan fingerprint density at radius 3 is 2.41 bits per heavy atom. The van der Waals surface area contributed by atoms with E-state index in [9.17, 15) is 18.0 Å². The van der Waals surface area contributed by atoms with Crippen LogP contribution in [-0.4, -0.2) is 46.4 Å². The summed E-state index contributed by atoms with van der Waals surface area (Å²) in [5.41, 5.74) is 0.823. The standard InChI is InChI=1S/C20H19N3O5S/c24-19-17-11-15(20(25)26)5-8-18(17)21-13-22(19)12-14-3-6-16(7-4-14)29(27,28)23-9-1-2-10-23/h3-8,11,13H,1-2,9-10,12H2,(H,25,26). The fourth-order valence-electron chi connectivity index (χ4n) is 3.45. The molecule has 150 valence electrons. The first-order valence-electron chi connectivity index (χ1n) is 9.18. The van der Waals surface area contributed by atoms with Gasteiger partial charge < -0.3 is 5.11 Å². The van der Waals surface area contributed by atoms with Crippen molar-refractivity contribution in [3.63, 3.8) is 0 Å². The van der Waals surface area contributed by atoms with Gasteiger partial charge in [-0.15, -0.1) is 0 Å². The molecule has 4 rings (SSSR count). The fraction of sp³-hybridized carbons (Fsp3) is 0.250. The van der Waals surface area contributed by atoms with Crippen molar-refractivity contribution in [2.45, 2.75) is 24.3 Å². The molecule has 1 N–H and O–H groups in total. The molecule has 1 aromatic heterocycles. The number of carboxylic acids is 1. The number of carbonyl (C=O) groups is 1. The average molecular weight is 413 g/mol. The summed E-state index contributed by atoms with van der Waals surface area (Å²) in [6.45, 7) is 1.28. The molecular weight excluding hydrogens is 394 g/mol. The van der Waals surface area contributed by atoms with Crippen LogP contribution < -0.4 is 5.56 Å². The first kappa shape index (κ1) is 19.3. The van der Waals surface area contributed by atoms with E-state index in [4.69, 9.17) is 5.11 Å². The predicted molar refractivity (Wildman–Crippen MR) is 106 cm³/mol. The molecule has 2 heterocycles. The first-order valence-corrected chi connectivity index (χ1v) is 10.6. The van der Waals surface area contributed by atoms with Crippen molar-refractivity contribution < 1.29 is 18.3 Å². The van der Waals surface area contributed by atoms with Crippen LogP contribution in [0.4, 0.5) is 0 Å². The van der Waals surface area contributed by atoms with Gasteiger partial charge in [0.15, 0.2) is 0 Å². The minimum absolute atomic E-state index is 0.0191. The number of carboxylic acid groups (broad SMARTS) is 1. The van der Waals surface area contributed by atoms with Gasteiger partial charge in [-0.1, -0.05) is 12.1 Å². The molecule has 8 nitrogen and oxygen atoms in total. The molecule has 0 amide bonds. The lowest BCUT2D eigenvalue weighted by molar-refractivity contribution is 0.0697. The zero-order valence-corrected chi connectivity index (χ0v) is 16.3. The lowest BCUT2D eigenvalue weighted by atomic mass is 10.1. The smallest absolute Gasteiger partial charge is 0.335 e. The van der Waals surface area contributed by atoms with Crippen LogP contribution >= 0.6 is 0 Å². The SMILES string of the molecule is O=C(O)c1ccc2ncn(Cc3ccc(S(=O)(=O)N4CCCC4)cc3)c(=O)c2c1. The van der Waals surface area contributed by atoms with Crippen molar-refractivity contribution in [3.05, 3.63) is 70.3 Å². The van der Waals surface area contributed by atoms with Crippen LogP contribution in [0.2, 0.25) is 0 Å². The molecule has 0 saturated carbocycles. The Labute approximate surface area is 167 Å². The second kappa shape index (κ2) is 7.41. The molecule has 1 aliphatic heterocycles. The van der Waals surface area contributed by atoms with Crippen molar-refractivity contribution in [2.75, 3.05) is 13.1 Å². The third-order valence-electron chi connectivity index (χ3n) is 5.05. The summed E-state index contributed by atoms with van der Waals surface area (Å²) in [7, 11) is -3.48. The van der Waals surface area contributed by atoms with E-state index in [1.165, 1.54) is 33.4 Å². The number of benzene rings is 2. The molecule has 0 aliphatic carbocycles. The van der Waals surface area contributed by atoms with Crippen LogP contribution in [0.1, 0.15) is 28.8 Å². The molecule has 0 unspecified atom stereocenters. The van der Waals surface area contributed by atoms with E-state index < -0.39 is 16.0 Å². The van der Waals surface area contributed by atoms with Gasteiger partial charge in [-0.05, 0) is 48.7 Å². The van der Waals surface area contributed by atoms with Gasteiger partial charge in [0, 0.05) is 13.1 Å². The average Bonchev–Trinajstić information content (AvgIpc) is 3.26. The molecule has 0 bridgehead atoms. The number of nitrogens with zero attached hydrogens (tertiary/aromatic N) is 3. The maximum atomic E-state index is 12.7. The molecule has 3 aromatic rings. The summed E-state index contributed by atoms with van der Waals surface area (Å²) in [5, 5.41) is 9.35. The van der Waals surface area contributed by atoms with E-state index in [2.05, 4.69) is 4.98 Å². The highest BCUT2D eigenvalue weighted by Crippen LogP contribution is 2.21. The molecule has 1 fully saturated rings. The van der Waals surface area contributed by atoms with Crippen LogP contribution in [0.3, 0.4) is 0 Å². The molecule has 1 aliphatic rings. The molecular formula is C20H19N3O5S. The highest BCUT2D eigenvalue weighted by atomic mass is 32.2. The van der Waals surface area contributed by atoms with Gasteiger partial charge in [0.1, 0.15) is 0 Å². The number of aromatic nitrogens is 2. The van der Waals surface area contributed by atoms with Gasteiger partial charge in [-0.25, -0.2) is 18.2 Å². The van der Waals surface area contributed by atoms with Gasteiger partial charge in [0.25, 0.3) is 5.56 Å². The van der Waals surface area contributed by atoms with E-state index in [-0.39, 0.29) is 27.9 Å². The highest BCUT2D eigenvalue weighted by Gasteiger charge is 2.26.